The summed E-state index contributed by atoms with van der Waals surface area (Å²) in [7, 11) is 1.64. The lowest BCUT2D eigenvalue weighted by Crippen LogP contribution is -2.29. The highest BCUT2D eigenvalue weighted by atomic mass is 32.2. The fourth-order valence-corrected chi connectivity index (χ4v) is 4.48. The molecule has 4 rings (SSSR count). The molecule has 0 aliphatic heterocycles. The lowest BCUT2D eigenvalue weighted by atomic mass is 9.80. The Bertz CT molecular complexity index is 1060. The van der Waals surface area contributed by atoms with Crippen molar-refractivity contribution in [3.63, 3.8) is 0 Å². The predicted octanol–water partition coefficient (Wildman–Crippen LogP) is 6.13. The molecule has 4 aromatic carbocycles. The number of aliphatic hydroxyl groups is 1. The molecule has 3 heteroatoms. The van der Waals surface area contributed by atoms with Gasteiger partial charge in [0.15, 0.2) is 0 Å². The maximum absolute atomic E-state index is 12.2. The molecule has 0 radical (unpaired) electrons. The summed E-state index contributed by atoms with van der Waals surface area (Å²) in [6.07, 6.45) is 0. The highest BCUT2D eigenvalue weighted by molar-refractivity contribution is 7.99. The molecule has 144 valence electrons. The molecule has 2 nitrogen and oxygen atoms in total. The van der Waals surface area contributed by atoms with E-state index in [9.17, 15) is 5.11 Å². The van der Waals surface area contributed by atoms with Gasteiger partial charge in [0.2, 0.25) is 0 Å². The Morgan fingerprint density at radius 2 is 1.21 bits per heavy atom. The van der Waals surface area contributed by atoms with Crippen molar-refractivity contribution in [1.82, 2.24) is 0 Å². The maximum atomic E-state index is 12.2. The van der Waals surface area contributed by atoms with Crippen molar-refractivity contribution < 1.29 is 9.84 Å². The largest absolute Gasteiger partial charge is 0.497 e. The minimum absolute atomic E-state index is 0.760. The molecule has 0 spiro atoms. The molecule has 0 heterocycles. The first-order valence-corrected chi connectivity index (χ1v) is 10.3. The summed E-state index contributed by atoms with van der Waals surface area (Å²) in [5.41, 5.74) is 1.19. The highest BCUT2D eigenvalue weighted by Gasteiger charge is 2.35. The summed E-state index contributed by atoms with van der Waals surface area (Å²) in [4.78, 5) is 2.14. The molecule has 1 atom stereocenters. The molecule has 0 amide bonds. The van der Waals surface area contributed by atoms with E-state index in [-0.39, 0.29) is 0 Å². The topological polar surface area (TPSA) is 29.5 Å². The van der Waals surface area contributed by atoms with Gasteiger partial charge in [-0.3, -0.25) is 0 Å². The molecular weight excluding hydrogens is 376 g/mol. The lowest BCUT2D eigenvalue weighted by molar-refractivity contribution is 0.123. The molecule has 0 saturated heterocycles. The Labute approximate surface area is 175 Å². The van der Waals surface area contributed by atoms with E-state index in [4.69, 9.17) is 4.74 Å². The van der Waals surface area contributed by atoms with Crippen LogP contribution in [0.3, 0.4) is 0 Å². The Hall–Kier alpha value is -3.01. The smallest absolute Gasteiger partial charge is 0.141 e. The van der Waals surface area contributed by atoms with Gasteiger partial charge in [0.25, 0.3) is 0 Å². The average Bonchev–Trinajstić information content (AvgIpc) is 2.80. The standard InChI is InChI=1S/C26H22O2S/c1-28-22-18-16-21(17-19-22)26(27,20-10-4-2-5-11-20)24-14-8-9-15-25(24)29-23-12-6-3-7-13-23/h2-19,27H,1H3. The third-order valence-corrected chi connectivity index (χ3v) is 6.03. The zero-order chi connectivity index (χ0) is 20.1. The number of rotatable bonds is 6. The molecule has 0 aliphatic rings. The zero-order valence-corrected chi connectivity index (χ0v) is 17.0. The average molecular weight is 399 g/mol. The molecule has 29 heavy (non-hydrogen) atoms. The Kier molecular flexibility index (Phi) is 5.70. The summed E-state index contributed by atoms with van der Waals surface area (Å²) in [5, 5.41) is 12.2. The fraction of sp³-hybridized carbons (Fsp3) is 0.0769. The molecule has 0 aliphatic carbocycles. The SMILES string of the molecule is COc1ccc(C(O)(c2ccccc2)c2ccccc2Sc2ccccc2)cc1. The molecule has 0 saturated carbocycles. The van der Waals surface area contributed by atoms with Crippen LogP contribution < -0.4 is 4.74 Å². The van der Waals surface area contributed by atoms with E-state index >= 15 is 0 Å². The van der Waals surface area contributed by atoms with Crippen molar-refractivity contribution in [3.05, 3.63) is 126 Å². The minimum atomic E-state index is -1.29. The molecule has 0 bridgehead atoms. The van der Waals surface area contributed by atoms with E-state index in [2.05, 4.69) is 18.2 Å². The van der Waals surface area contributed by atoms with E-state index in [1.807, 2.05) is 91.0 Å². The summed E-state index contributed by atoms with van der Waals surface area (Å²) in [6, 6.07) is 35.7. The van der Waals surface area contributed by atoms with Crippen LogP contribution in [0.2, 0.25) is 0 Å². The second kappa shape index (κ2) is 8.56. The third-order valence-electron chi connectivity index (χ3n) is 4.95. The van der Waals surface area contributed by atoms with Gasteiger partial charge >= 0.3 is 0 Å². The van der Waals surface area contributed by atoms with Gasteiger partial charge in [0.1, 0.15) is 11.4 Å². The summed E-state index contributed by atoms with van der Waals surface area (Å²) >= 11 is 1.65. The van der Waals surface area contributed by atoms with Gasteiger partial charge in [-0.15, -0.1) is 0 Å². The first-order chi connectivity index (χ1) is 14.2. The quantitative estimate of drug-likeness (QED) is 0.396. The van der Waals surface area contributed by atoms with E-state index < -0.39 is 5.60 Å². The number of benzene rings is 4. The van der Waals surface area contributed by atoms with Crippen molar-refractivity contribution in [2.45, 2.75) is 15.4 Å². The van der Waals surface area contributed by atoms with Crippen LogP contribution in [0.1, 0.15) is 16.7 Å². The second-order valence-corrected chi connectivity index (χ2v) is 7.83. The van der Waals surface area contributed by atoms with Crippen molar-refractivity contribution in [2.24, 2.45) is 0 Å². The van der Waals surface area contributed by atoms with Crippen molar-refractivity contribution >= 4 is 11.8 Å². The number of hydrogen-bond donors (Lipinski definition) is 1. The van der Waals surface area contributed by atoms with Crippen LogP contribution in [0.5, 0.6) is 5.75 Å². The van der Waals surface area contributed by atoms with Gasteiger partial charge in [-0.2, -0.15) is 0 Å². The fourth-order valence-electron chi connectivity index (χ4n) is 3.46. The Morgan fingerprint density at radius 1 is 0.655 bits per heavy atom. The van der Waals surface area contributed by atoms with Crippen LogP contribution >= 0.6 is 11.8 Å². The highest BCUT2D eigenvalue weighted by Crippen LogP contribution is 2.43. The van der Waals surface area contributed by atoms with Crippen LogP contribution in [-0.4, -0.2) is 12.2 Å². The van der Waals surface area contributed by atoms with Gasteiger partial charge in [0, 0.05) is 15.4 Å². The summed E-state index contributed by atoms with van der Waals surface area (Å²) < 4.78 is 5.31. The molecular formula is C26H22O2S. The number of hydrogen-bond acceptors (Lipinski definition) is 3. The van der Waals surface area contributed by atoms with E-state index in [1.165, 1.54) is 0 Å². The monoisotopic (exact) mass is 398 g/mol. The zero-order valence-electron chi connectivity index (χ0n) is 16.2. The van der Waals surface area contributed by atoms with Crippen molar-refractivity contribution in [2.75, 3.05) is 7.11 Å². The number of methoxy groups -OCH3 is 1. The van der Waals surface area contributed by atoms with Crippen LogP contribution in [0.4, 0.5) is 0 Å². The maximum Gasteiger partial charge on any atom is 0.141 e. The van der Waals surface area contributed by atoms with Gasteiger partial charge in [-0.05, 0) is 41.5 Å². The van der Waals surface area contributed by atoms with E-state index in [1.54, 1.807) is 18.9 Å². The van der Waals surface area contributed by atoms with Gasteiger partial charge < -0.3 is 9.84 Å². The third kappa shape index (κ3) is 3.93. The Morgan fingerprint density at radius 3 is 1.86 bits per heavy atom. The van der Waals surface area contributed by atoms with E-state index in [0.717, 1.165) is 32.2 Å². The van der Waals surface area contributed by atoms with Gasteiger partial charge in [-0.1, -0.05) is 90.6 Å². The molecule has 0 aromatic heterocycles. The first kappa shape index (κ1) is 19.3. The molecule has 4 aromatic rings. The van der Waals surface area contributed by atoms with Crippen molar-refractivity contribution in [1.29, 1.82) is 0 Å². The van der Waals surface area contributed by atoms with Crippen molar-refractivity contribution in [3.8, 4) is 5.75 Å². The minimum Gasteiger partial charge on any atom is -0.497 e. The van der Waals surface area contributed by atoms with E-state index in [0.29, 0.717) is 0 Å². The summed E-state index contributed by atoms with van der Waals surface area (Å²) in [5.74, 6) is 0.760. The summed E-state index contributed by atoms with van der Waals surface area (Å²) in [6.45, 7) is 0. The second-order valence-electron chi connectivity index (χ2n) is 6.72. The predicted molar refractivity (Wildman–Crippen MR) is 119 cm³/mol. The first-order valence-electron chi connectivity index (χ1n) is 9.46. The molecule has 1 N–H and O–H groups in total. The Balaban J connectivity index is 1.88. The van der Waals surface area contributed by atoms with Gasteiger partial charge in [0.05, 0.1) is 7.11 Å². The molecule has 1 unspecified atom stereocenters. The normalized spacial score (nSPS) is 12.9. The van der Waals surface area contributed by atoms with Crippen LogP contribution in [-0.2, 0) is 5.60 Å². The lowest BCUT2D eigenvalue weighted by Gasteiger charge is -2.32. The molecule has 0 fully saturated rings. The number of ether oxygens (including phenoxy) is 1. The van der Waals surface area contributed by atoms with Crippen LogP contribution in [0.15, 0.2) is 119 Å². The van der Waals surface area contributed by atoms with Gasteiger partial charge in [-0.25, -0.2) is 0 Å². The van der Waals surface area contributed by atoms with Crippen LogP contribution in [0, 0.1) is 0 Å². The van der Waals surface area contributed by atoms with Crippen LogP contribution in [0.25, 0.3) is 0 Å².